The first-order chi connectivity index (χ1) is 13.8. The third kappa shape index (κ3) is 6.81. The van der Waals surface area contributed by atoms with Crippen LogP contribution in [0.15, 0.2) is 29.6 Å². The third-order valence-electron chi connectivity index (χ3n) is 4.03. The fourth-order valence-corrected chi connectivity index (χ4v) is 3.45. The van der Waals surface area contributed by atoms with Crippen LogP contribution < -0.4 is 10.6 Å². The number of hydrogen-bond donors (Lipinski definition) is 2. The van der Waals surface area contributed by atoms with E-state index in [4.69, 9.17) is 9.47 Å². The molecule has 2 N–H and O–H groups in total. The predicted octanol–water partition coefficient (Wildman–Crippen LogP) is 3.57. The Labute approximate surface area is 174 Å². The Balaban J connectivity index is 1.57. The first-order valence-corrected chi connectivity index (χ1v) is 10.3. The smallest absolute Gasteiger partial charge is 0.412 e. The van der Waals surface area contributed by atoms with Crippen LogP contribution in [0.4, 0.5) is 15.6 Å². The van der Waals surface area contributed by atoms with Crippen molar-refractivity contribution in [1.29, 1.82) is 0 Å². The third-order valence-corrected chi connectivity index (χ3v) is 4.84. The van der Waals surface area contributed by atoms with E-state index in [0.29, 0.717) is 16.4 Å². The van der Waals surface area contributed by atoms with Gasteiger partial charge in [-0.15, -0.1) is 11.3 Å². The molecule has 2 aromatic rings. The van der Waals surface area contributed by atoms with Gasteiger partial charge in [-0.2, -0.15) is 0 Å². The standard InChI is InChI=1S/C20H26N4O4S/c1-20(2,3)28-19(26)22-15-6-4-5-14(11-15)17(25)23-18-21-16(13-29-18)12-24-7-9-27-10-8-24/h4-6,11,13H,7-10,12H2,1-3H3,(H,22,26)(H,21,23,25). The van der Waals surface area contributed by atoms with Gasteiger partial charge in [0.05, 0.1) is 18.9 Å². The number of rotatable bonds is 5. The highest BCUT2D eigenvalue weighted by Gasteiger charge is 2.17. The van der Waals surface area contributed by atoms with Crippen molar-refractivity contribution in [3.8, 4) is 0 Å². The largest absolute Gasteiger partial charge is 0.444 e. The summed E-state index contributed by atoms with van der Waals surface area (Å²) < 4.78 is 10.6. The number of nitrogens with zero attached hydrogens (tertiary/aromatic N) is 2. The normalized spacial score (nSPS) is 15.0. The highest BCUT2D eigenvalue weighted by molar-refractivity contribution is 7.14. The van der Waals surface area contributed by atoms with Crippen molar-refractivity contribution in [1.82, 2.24) is 9.88 Å². The molecular weight excluding hydrogens is 392 g/mol. The van der Waals surface area contributed by atoms with E-state index in [2.05, 4.69) is 20.5 Å². The van der Waals surface area contributed by atoms with Crippen LogP contribution in [0.1, 0.15) is 36.8 Å². The van der Waals surface area contributed by atoms with Crippen LogP contribution in [0.25, 0.3) is 0 Å². The van der Waals surface area contributed by atoms with Crippen LogP contribution in [0.2, 0.25) is 0 Å². The minimum Gasteiger partial charge on any atom is -0.444 e. The number of nitrogens with one attached hydrogen (secondary N) is 2. The van der Waals surface area contributed by atoms with Crippen molar-refractivity contribution < 1.29 is 19.1 Å². The maximum absolute atomic E-state index is 12.6. The van der Waals surface area contributed by atoms with Crippen molar-refractivity contribution in [3.05, 3.63) is 40.9 Å². The van der Waals surface area contributed by atoms with Gasteiger partial charge in [-0.1, -0.05) is 6.07 Å². The molecule has 2 amide bonds. The van der Waals surface area contributed by atoms with Gasteiger partial charge in [-0.25, -0.2) is 9.78 Å². The number of amides is 2. The van der Waals surface area contributed by atoms with Crippen LogP contribution in [0.5, 0.6) is 0 Å². The number of thiazole rings is 1. The number of hydrogen-bond acceptors (Lipinski definition) is 7. The maximum atomic E-state index is 12.6. The van der Waals surface area contributed by atoms with Crippen LogP contribution in [-0.2, 0) is 16.0 Å². The molecule has 1 aliphatic rings. The van der Waals surface area contributed by atoms with Gasteiger partial charge >= 0.3 is 6.09 Å². The number of aromatic nitrogens is 1. The summed E-state index contributed by atoms with van der Waals surface area (Å²) in [6.45, 7) is 9.36. The lowest BCUT2D eigenvalue weighted by Gasteiger charge is -2.25. The SMILES string of the molecule is CC(C)(C)OC(=O)Nc1cccc(C(=O)Nc2nc(CN3CCOCC3)cs2)c1. The van der Waals surface area contributed by atoms with E-state index >= 15 is 0 Å². The average molecular weight is 419 g/mol. The molecule has 0 saturated carbocycles. The van der Waals surface area contributed by atoms with Gasteiger partial charge in [-0.3, -0.25) is 20.3 Å². The van der Waals surface area contributed by atoms with E-state index in [1.54, 1.807) is 45.0 Å². The lowest BCUT2D eigenvalue weighted by atomic mass is 10.2. The Morgan fingerprint density at radius 1 is 1.24 bits per heavy atom. The molecule has 9 heteroatoms. The number of carbonyl (C=O) groups is 2. The van der Waals surface area contributed by atoms with Gasteiger partial charge in [0, 0.05) is 36.3 Å². The molecule has 8 nitrogen and oxygen atoms in total. The molecule has 29 heavy (non-hydrogen) atoms. The fourth-order valence-electron chi connectivity index (χ4n) is 2.75. The van der Waals surface area contributed by atoms with Gasteiger partial charge in [0.25, 0.3) is 5.91 Å². The Morgan fingerprint density at radius 2 is 2.00 bits per heavy atom. The van der Waals surface area contributed by atoms with Crippen molar-refractivity contribution in [2.75, 3.05) is 36.9 Å². The number of morpholine rings is 1. The Hall–Kier alpha value is -2.49. The summed E-state index contributed by atoms with van der Waals surface area (Å²) in [4.78, 5) is 31.2. The Kier molecular flexibility index (Phi) is 6.83. The molecule has 1 fully saturated rings. The van der Waals surface area contributed by atoms with E-state index in [0.717, 1.165) is 38.5 Å². The number of anilines is 2. The van der Waals surface area contributed by atoms with Crippen molar-refractivity contribution in [2.45, 2.75) is 32.9 Å². The van der Waals surface area contributed by atoms with Gasteiger partial charge in [0.1, 0.15) is 5.60 Å². The van der Waals surface area contributed by atoms with Crippen molar-refractivity contribution >= 4 is 34.2 Å². The van der Waals surface area contributed by atoms with Gasteiger partial charge in [0.15, 0.2) is 5.13 Å². The summed E-state index contributed by atoms with van der Waals surface area (Å²) in [7, 11) is 0. The highest BCUT2D eigenvalue weighted by atomic mass is 32.1. The van der Waals surface area contributed by atoms with E-state index < -0.39 is 11.7 Å². The summed E-state index contributed by atoms with van der Waals surface area (Å²) in [5, 5.41) is 7.95. The van der Waals surface area contributed by atoms with Crippen molar-refractivity contribution in [3.63, 3.8) is 0 Å². The summed E-state index contributed by atoms with van der Waals surface area (Å²) in [6.07, 6.45) is -0.567. The predicted molar refractivity (Wildman–Crippen MR) is 112 cm³/mol. The molecule has 1 aromatic carbocycles. The molecule has 0 bridgehead atoms. The first kappa shape index (κ1) is 21.2. The zero-order valence-electron chi connectivity index (χ0n) is 16.9. The van der Waals surface area contributed by atoms with Gasteiger partial charge in [0.2, 0.25) is 0 Å². The zero-order chi connectivity index (χ0) is 20.9. The topological polar surface area (TPSA) is 92.8 Å². The number of ether oxygens (including phenoxy) is 2. The van der Waals surface area contributed by atoms with E-state index in [-0.39, 0.29) is 5.91 Å². The van der Waals surface area contributed by atoms with E-state index in [1.165, 1.54) is 11.3 Å². The highest BCUT2D eigenvalue weighted by Crippen LogP contribution is 2.19. The zero-order valence-corrected chi connectivity index (χ0v) is 17.7. The molecular formula is C20H26N4O4S. The second-order valence-electron chi connectivity index (χ2n) is 7.69. The second-order valence-corrected chi connectivity index (χ2v) is 8.55. The Morgan fingerprint density at radius 3 is 2.72 bits per heavy atom. The van der Waals surface area contributed by atoms with Crippen LogP contribution in [0, 0.1) is 0 Å². The maximum Gasteiger partial charge on any atom is 0.412 e. The molecule has 3 rings (SSSR count). The average Bonchev–Trinajstić information content (AvgIpc) is 3.08. The lowest BCUT2D eigenvalue weighted by molar-refractivity contribution is 0.0337. The number of carbonyl (C=O) groups excluding carboxylic acids is 2. The summed E-state index contributed by atoms with van der Waals surface area (Å²) in [5.74, 6) is -0.287. The molecule has 0 spiro atoms. The Bertz CT molecular complexity index is 856. The first-order valence-electron chi connectivity index (χ1n) is 9.44. The van der Waals surface area contributed by atoms with E-state index in [9.17, 15) is 9.59 Å². The molecule has 1 aromatic heterocycles. The second kappa shape index (κ2) is 9.34. The molecule has 0 aliphatic carbocycles. The van der Waals surface area contributed by atoms with Crippen LogP contribution in [0.3, 0.4) is 0 Å². The summed E-state index contributed by atoms with van der Waals surface area (Å²) >= 11 is 1.39. The molecule has 0 unspecified atom stereocenters. The summed E-state index contributed by atoms with van der Waals surface area (Å²) in [5.41, 5.74) is 1.23. The minimum absolute atomic E-state index is 0.287. The molecule has 1 saturated heterocycles. The molecule has 1 aliphatic heterocycles. The monoisotopic (exact) mass is 418 g/mol. The summed E-state index contributed by atoms with van der Waals surface area (Å²) in [6, 6.07) is 6.68. The molecule has 0 atom stereocenters. The quantitative estimate of drug-likeness (QED) is 0.771. The van der Waals surface area contributed by atoms with Gasteiger partial charge < -0.3 is 9.47 Å². The lowest BCUT2D eigenvalue weighted by Crippen LogP contribution is -2.35. The fraction of sp³-hybridized carbons (Fsp3) is 0.450. The van der Waals surface area contributed by atoms with Gasteiger partial charge in [-0.05, 0) is 39.0 Å². The number of benzene rings is 1. The van der Waals surface area contributed by atoms with Crippen LogP contribution in [-0.4, -0.2) is 53.8 Å². The molecule has 156 valence electrons. The van der Waals surface area contributed by atoms with E-state index in [1.807, 2.05) is 5.38 Å². The minimum atomic E-state index is -0.594. The van der Waals surface area contributed by atoms with Crippen LogP contribution >= 0.6 is 11.3 Å². The molecule has 0 radical (unpaired) electrons. The van der Waals surface area contributed by atoms with Crippen molar-refractivity contribution in [2.24, 2.45) is 0 Å². The molecule has 2 heterocycles.